The Morgan fingerprint density at radius 1 is 1.23 bits per heavy atom. The molecule has 0 unspecified atom stereocenters. The highest BCUT2D eigenvalue weighted by molar-refractivity contribution is 7.80. The number of thiocarbonyl (C=S) groups is 1. The molecule has 0 aromatic heterocycles. The molecule has 1 N–H and O–H groups in total. The van der Waals surface area contributed by atoms with Crippen LogP contribution in [0.1, 0.15) is 19.4 Å². The number of anilines is 1. The third-order valence-electron chi connectivity index (χ3n) is 4.85. The van der Waals surface area contributed by atoms with Gasteiger partial charge in [0.25, 0.3) is 11.8 Å². The lowest BCUT2D eigenvalue weighted by Gasteiger charge is -2.28. The number of carbonyl (C=O) groups excluding carboxylic acids is 2. The number of allylic oxidation sites excluding steroid dienone is 3. The number of carbonyl (C=O) groups is 2. The van der Waals surface area contributed by atoms with Crippen molar-refractivity contribution in [1.29, 1.82) is 0 Å². The maximum absolute atomic E-state index is 12.6. The summed E-state index contributed by atoms with van der Waals surface area (Å²) in [6.07, 6.45) is 4.99. The third kappa shape index (κ3) is 2.76. The Kier molecular flexibility index (Phi) is 4.54. The van der Waals surface area contributed by atoms with Gasteiger partial charge in [0.2, 0.25) is 0 Å². The number of rotatable bonds is 3. The number of hydrogen-bond acceptors (Lipinski definition) is 4. The number of fused-ring (bicyclic) bond motifs is 1. The van der Waals surface area contributed by atoms with Gasteiger partial charge in [-0.2, -0.15) is 0 Å². The summed E-state index contributed by atoms with van der Waals surface area (Å²) >= 11 is 5.07. The number of likely N-dealkylation sites (N-methyl/N-ethyl adjacent to an activating group) is 1. The first-order valence-electron chi connectivity index (χ1n) is 8.32. The van der Waals surface area contributed by atoms with Crippen LogP contribution in [0.3, 0.4) is 0 Å². The van der Waals surface area contributed by atoms with Crippen LogP contribution in [-0.4, -0.2) is 35.4 Å². The molecule has 1 saturated heterocycles. The lowest BCUT2D eigenvalue weighted by atomic mass is 9.83. The fraction of sp³-hybridized carbons (Fsp3) is 0.250. The van der Waals surface area contributed by atoms with Crippen LogP contribution in [0.4, 0.5) is 5.69 Å². The fourth-order valence-electron chi connectivity index (χ4n) is 3.47. The number of nitrogens with one attached hydrogen (secondary N) is 1. The Morgan fingerprint density at radius 3 is 2.58 bits per heavy atom. The fourth-order valence-corrected chi connectivity index (χ4v) is 3.72. The molecule has 5 nitrogen and oxygen atoms in total. The molecule has 0 aliphatic carbocycles. The molecule has 6 heteroatoms. The maximum Gasteiger partial charge on any atom is 0.265 e. The van der Waals surface area contributed by atoms with Crippen molar-refractivity contribution in [2.24, 2.45) is 0 Å². The van der Waals surface area contributed by atoms with Crippen molar-refractivity contribution in [3.8, 4) is 0 Å². The Hall–Kier alpha value is -2.73. The van der Waals surface area contributed by atoms with Crippen LogP contribution in [0.2, 0.25) is 0 Å². The van der Waals surface area contributed by atoms with E-state index in [-0.39, 0.29) is 22.6 Å². The van der Waals surface area contributed by atoms with Gasteiger partial charge in [0, 0.05) is 30.4 Å². The van der Waals surface area contributed by atoms with Crippen LogP contribution in [0.25, 0.3) is 0 Å². The summed E-state index contributed by atoms with van der Waals surface area (Å²) in [6.45, 7) is 8.13. The molecule has 3 rings (SSSR count). The smallest absolute Gasteiger partial charge is 0.265 e. The minimum atomic E-state index is -0.479. The molecule has 26 heavy (non-hydrogen) atoms. The van der Waals surface area contributed by atoms with E-state index < -0.39 is 11.8 Å². The van der Waals surface area contributed by atoms with Crippen molar-refractivity contribution in [2.75, 3.05) is 18.5 Å². The first-order chi connectivity index (χ1) is 12.3. The average molecular weight is 367 g/mol. The van der Waals surface area contributed by atoms with Gasteiger partial charge in [0.1, 0.15) is 5.57 Å². The first-order valence-corrected chi connectivity index (χ1v) is 8.73. The van der Waals surface area contributed by atoms with E-state index in [4.69, 9.17) is 12.2 Å². The lowest BCUT2D eigenvalue weighted by molar-refractivity contribution is -0.128. The normalized spacial score (nSPS) is 22.0. The van der Waals surface area contributed by atoms with E-state index in [2.05, 4.69) is 42.8 Å². The van der Waals surface area contributed by atoms with E-state index in [1.165, 1.54) is 10.5 Å². The van der Waals surface area contributed by atoms with Gasteiger partial charge < -0.3 is 4.90 Å². The van der Waals surface area contributed by atoms with Gasteiger partial charge in [-0.15, -0.1) is 6.58 Å². The van der Waals surface area contributed by atoms with E-state index >= 15 is 0 Å². The molecule has 1 aromatic carbocycles. The number of benzene rings is 1. The number of amides is 2. The van der Waals surface area contributed by atoms with Gasteiger partial charge in [-0.1, -0.05) is 38.1 Å². The van der Waals surface area contributed by atoms with Crippen molar-refractivity contribution in [3.63, 3.8) is 0 Å². The Labute approximate surface area is 158 Å². The van der Waals surface area contributed by atoms with Crippen LogP contribution < -0.4 is 10.2 Å². The molecule has 0 atom stereocenters. The highest BCUT2D eigenvalue weighted by Gasteiger charge is 2.38. The summed E-state index contributed by atoms with van der Waals surface area (Å²) in [4.78, 5) is 28.3. The number of hydrogen-bond donors (Lipinski definition) is 1. The first kappa shape index (κ1) is 18.1. The second kappa shape index (κ2) is 6.53. The van der Waals surface area contributed by atoms with Crippen molar-refractivity contribution in [1.82, 2.24) is 10.2 Å². The molecule has 2 amide bonds. The van der Waals surface area contributed by atoms with Crippen LogP contribution in [0.15, 0.2) is 60.3 Å². The van der Waals surface area contributed by atoms with Crippen LogP contribution in [0.5, 0.6) is 0 Å². The minimum absolute atomic E-state index is 0.0631. The standard InChI is InChI=1S/C20H21N3O2S/c1-5-12-23-18(25)13(17(24)21-19(23)26)10-11-16-20(2,3)14-8-6-7-9-15(14)22(16)4/h5-11H,1,12H2,2-4H3,(H,21,24,26)/b13-10-,16-11+. The average Bonchev–Trinajstić information content (AvgIpc) is 2.79. The van der Waals surface area contributed by atoms with Crippen molar-refractivity contribution in [2.45, 2.75) is 19.3 Å². The molecule has 2 heterocycles. The van der Waals surface area contributed by atoms with Gasteiger partial charge in [0.15, 0.2) is 5.11 Å². The molecule has 1 aromatic rings. The van der Waals surface area contributed by atoms with Crippen LogP contribution >= 0.6 is 12.2 Å². The molecule has 2 aliphatic rings. The highest BCUT2D eigenvalue weighted by atomic mass is 32.1. The monoisotopic (exact) mass is 367 g/mol. The summed E-state index contributed by atoms with van der Waals surface area (Å²) in [5, 5.41) is 2.66. The number of nitrogens with zero attached hydrogens (tertiary/aromatic N) is 2. The van der Waals surface area contributed by atoms with Gasteiger partial charge in [0.05, 0.1) is 0 Å². The molecule has 0 saturated carbocycles. The summed E-state index contributed by atoms with van der Waals surface area (Å²) in [6, 6.07) is 8.18. The van der Waals surface area contributed by atoms with Crippen molar-refractivity contribution >= 4 is 34.8 Å². The van der Waals surface area contributed by atoms with E-state index in [9.17, 15) is 9.59 Å². The van der Waals surface area contributed by atoms with Crippen molar-refractivity contribution in [3.05, 3.63) is 65.9 Å². The second-order valence-electron chi connectivity index (χ2n) is 6.80. The topological polar surface area (TPSA) is 52.7 Å². The molecule has 2 aliphatic heterocycles. The molecular formula is C20H21N3O2S. The lowest BCUT2D eigenvalue weighted by Crippen LogP contribution is -2.53. The van der Waals surface area contributed by atoms with Crippen molar-refractivity contribution < 1.29 is 9.59 Å². The molecule has 134 valence electrons. The summed E-state index contributed by atoms with van der Waals surface area (Å²) < 4.78 is 0. The number of para-hydroxylation sites is 1. The zero-order chi connectivity index (χ0) is 19.1. The second-order valence-corrected chi connectivity index (χ2v) is 7.18. The summed E-state index contributed by atoms with van der Waals surface area (Å²) in [5.74, 6) is -0.889. The quantitative estimate of drug-likeness (QED) is 0.386. The van der Waals surface area contributed by atoms with E-state index in [0.717, 1.165) is 11.4 Å². The zero-order valence-corrected chi connectivity index (χ0v) is 15.9. The van der Waals surface area contributed by atoms with Gasteiger partial charge in [-0.05, 0) is 36.0 Å². The van der Waals surface area contributed by atoms with E-state index in [1.54, 1.807) is 12.2 Å². The molecule has 0 spiro atoms. The van der Waals surface area contributed by atoms with Crippen LogP contribution in [-0.2, 0) is 15.0 Å². The maximum atomic E-state index is 12.6. The predicted molar refractivity (Wildman–Crippen MR) is 107 cm³/mol. The third-order valence-corrected chi connectivity index (χ3v) is 5.17. The molecule has 1 fully saturated rings. The SMILES string of the molecule is C=CCN1C(=O)/C(=C\C=C2\N(C)c3ccccc3C2(C)C)C(=O)NC1=S. The van der Waals surface area contributed by atoms with Gasteiger partial charge >= 0.3 is 0 Å². The minimum Gasteiger partial charge on any atom is -0.347 e. The molecule has 0 bridgehead atoms. The van der Waals surface area contributed by atoms with E-state index in [1.807, 2.05) is 25.3 Å². The summed E-state index contributed by atoms with van der Waals surface area (Å²) in [7, 11) is 1.99. The summed E-state index contributed by atoms with van der Waals surface area (Å²) in [5.41, 5.74) is 3.17. The largest absolute Gasteiger partial charge is 0.347 e. The van der Waals surface area contributed by atoms with E-state index in [0.29, 0.717) is 0 Å². The Morgan fingerprint density at radius 2 is 1.92 bits per heavy atom. The highest BCUT2D eigenvalue weighted by Crippen LogP contribution is 2.46. The Balaban J connectivity index is 2.00. The van der Waals surface area contributed by atoms with Gasteiger partial charge in [-0.25, -0.2) is 0 Å². The van der Waals surface area contributed by atoms with Gasteiger partial charge in [-0.3, -0.25) is 19.8 Å². The molecule has 0 radical (unpaired) electrons. The Bertz CT molecular complexity index is 883. The van der Waals surface area contributed by atoms with Crippen LogP contribution in [0, 0.1) is 0 Å². The molecular weight excluding hydrogens is 346 g/mol. The zero-order valence-electron chi connectivity index (χ0n) is 15.1. The predicted octanol–water partition coefficient (Wildman–Crippen LogP) is 2.65.